The molecule has 5 heteroatoms. The van der Waals surface area contributed by atoms with E-state index in [1.807, 2.05) is 42.5 Å². The molecule has 22 heavy (non-hydrogen) atoms. The van der Waals surface area contributed by atoms with Crippen LogP contribution in [0.4, 0.5) is 0 Å². The van der Waals surface area contributed by atoms with Crippen molar-refractivity contribution in [2.75, 3.05) is 13.2 Å². The van der Waals surface area contributed by atoms with Gasteiger partial charge in [0.2, 0.25) is 0 Å². The Labute approximate surface area is 132 Å². The second-order valence-electron chi connectivity index (χ2n) is 4.60. The van der Waals surface area contributed by atoms with Crippen molar-refractivity contribution in [3.8, 4) is 16.3 Å². The van der Waals surface area contributed by atoms with E-state index in [1.165, 1.54) is 4.70 Å². The number of aromatic nitrogens is 1. The van der Waals surface area contributed by atoms with Crippen molar-refractivity contribution in [3.05, 3.63) is 48.5 Å². The summed E-state index contributed by atoms with van der Waals surface area (Å²) in [5.41, 5.74) is 2.04. The number of esters is 1. The van der Waals surface area contributed by atoms with Gasteiger partial charge < -0.3 is 9.47 Å². The standard InChI is InChI=1S/C17H15NO3S/c1-2-20-16(19)11-21-13-9-7-12(8-10-13)17-18-14-5-3-4-6-15(14)22-17/h3-10H,2,11H2,1H3. The number of thiazole rings is 1. The van der Waals surface area contributed by atoms with Gasteiger partial charge in [-0.15, -0.1) is 11.3 Å². The first-order valence-corrected chi connectivity index (χ1v) is 7.82. The second-order valence-corrected chi connectivity index (χ2v) is 5.64. The van der Waals surface area contributed by atoms with Crippen molar-refractivity contribution in [1.29, 1.82) is 0 Å². The molecule has 0 radical (unpaired) electrons. The van der Waals surface area contributed by atoms with Gasteiger partial charge in [0.25, 0.3) is 0 Å². The van der Waals surface area contributed by atoms with E-state index in [-0.39, 0.29) is 12.6 Å². The van der Waals surface area contributed by atoms with E-state index in [9.17, 15) is 4.79 Å². The quantitative estimate of drug-likeness (QED) is 0.670. The van der Waals surface area contributed by atoms with Crippen LogP contribution in [0, 0.1) is 0 Å². The highest BCUT2D eigenvalue weighted by Gasteiger charge is 2.07. The number of hydrogen-bond acceptors (Lipinski definition) is 5. The molecule has 0 spiro atoms. The maximum Gasteiger partial charge on any atom is 0.344 e. The maximum atomic E-state index is 11.2. The molecular formula is C17H15NO3S. The Balaban J connectivity index is 1.72. The van der Waals surface area contributed by atoms with Crippen molar-refractivity contribution in [2.24, 2.45) is 0 Å². The topological polar surface area (TPSA) is 48.4 Å². The van der Waals surface area contributed by atoms with Crippen LogP contribution in [0.1, 0.15) is 6.92 Å². The minimum Gasteiger partial charge on any atom is -0.482 e. The molecule has 4 nitrogen and oxygen atoms in total. The highest BCUT2D eigenvalue weighted by Crippen LogP contribution is 2.30. The number of benzene rings is 2. The first kappa shape index (κ1) is 14.5. The summed E-state index contributed by atoms with van der Waals surface area (Å²) >= 11 is 1.66. The predicted molar refractivity (Wildman–Crippen MR) is 87.2 cm³/mol. The average molecular weight is 313 g/mol. The van der Waals surface area contributed by atoms with Gasteiger partial charge in [0, 0.05) is 5.56 Å². The molecule has 1 aromatic heterocycles. The van der Waals surface area contributed by atoms with Gasteiger partial charge >= 0.3 is 5.97 Å². The smallest absolute Gasteiger partial charge is 0.344 e. The third-order valence-corrected chi connectivity index (χ3v) is 4.14. The number of hydrogen-bond donors (Lipinski definition) is 0. The highest BCUT2D eigenvalue weighted by molar-refractivity contribution is 7.21. The average Bonchev–Trinajstić information content (AvgIpc) is 2.98. The lowest BCUT2D eigenvalue weighted by molar-refractivity contribution is -0.145. The van der Waals surface area contributed by atoms with Crippen LogP contribution in [0.3, 0.4) is 0 Å². The van der Waals surface area contributed by atoms with Crippen LogP contribution < -0.4 is 4.74 Å². The second kappa shape index (κ2) is 6.58. The summed E-state index contributed by atoms with van der Waals surface area (Å²) in [4.78, 5) is 15.9. The fourth-order valence-electron chi connectivity index (χ4n) is 2.03. The van der Waals surface area contributed by atoms with E-state index in [0.29, 0.717) is 12.4 Å². The molecule has 0 saturated carbocycles. The van der Waals surface area contributed by atoms with Crippen LogP contribution in [0.5, 0.6) is 5.75 Å². The predicted octanol–water partition coefficient (Wildman–Crippen LogP) is 3.91. The van der Waals surface area contributed by atoms with Crippen LogP contribution in [0.2, 0.25) is 0 Å². The van der Waals surface area contributed by atoms with Gasteiger partial charge in [0.15, 0.2) is 6.61 Å². The molecule has 0 fully saturated rings. The van der Waals surface area contributed by atoms with E-state index >= 15 is 0 Å². The summed E-state index contributed by atoms with van der Waals surface area (Å²) in [7, 11) is 0. The van der Waals surface area contributed by atoms with E-state index in [4.69, 9.17) is 9.47 Å². The van der Waals surface area contributed by atoms with Crippen molar-refractivity contribution in [3.63, 3.8) is 0 Å². The summed E-state index contributed by atoms with van der Waals surface area (Å²) in [6.07, 6.45) is 0. The van der Waals surface area contributed by atoms with Gasteiger partial charge in [-0.25, -0.2) is 9.78 Å². The molecule has 0 unspecified atom stereocenters. The Morgan fingerprint density at radius 3 is 2.64 bits per heavy atom. The molecule has 0 amide bonds. The summed E-state index contributed by atoms with van der Waals surface area (Å²) in [6, 6.07) is 15.6. The van der Waals surface area contributed by atoms with Gasteiger partial charge in [-0.1, -0.05) is 12.1 Å². The zero-order chi connectivity index (χ0) is 15.4. The lowest BCUT2D eigenvalue weighted by Gasteiger charge is -2.06. The van der Waals surface area contributed by atoms with E-state index in [2.05, 4.69) is 11.1 Å². The van der Waals surface area contributed by atoms with Crippen molar-refractivity contribution in [1.82, 2.24) is 4.98 Å². The Bertz CT molecular complexity index is 747. The fourth-order valence-corrected chi connectivity index (χ4v) is 3.01. The summed E-state index contributed by atoms with van der Waals surface area (Å²) < 4.78 is 11.4. The molecule has 0 bridgehead atoms. The number of rotatable bonds is 5. The Morgan fingerprint density at radius 1 is 1.14 bits per heavy atom. The molecule has 3 rings (SSSR count). The van der Waals surface area contributed by atoms with Crippen molar-refractivity contribution in [2.45, 2.75) is 6.92 Å². The van der Waals surface area contributed by atoms with Crippen LogP contribution in [0.15, 0.2) is 48.5 Å². The van der Waals surface area contributed by atoms with Crippen molar-refractivity contribution >= 4 is 27.5 Å². The number of ether oxygens (including phenoxy) is 2. The third kappa shape index (κ3) is 3.26. The highest BCUT2D eigenvalue weighted by atomic mass is 32.1. The SMILES string of the molecule is CCOC(=O)COc1ccc(-c2nc3ccccc3s2)cc1. The van der Waals surface area contributed by atoms with Gasteiger partial charge in [-0.05, 0) is 43.3 Å². The summed E-state index contributed by atoms with van der Waals surface area (Å²) in [5, 5.41) is 0.971. The minimum absolute atomic E-state index is 0.0751. The molecule has 0 saturated heterocycles. The molecule has 2 aromatic carbocycles. The number of fused-ring (bicyclic) bond motifs is 1. The molecule has 0 aliphatic rings. The Kier molecular flexibility index (Phi) is 4.34. The lowest BCUT2D eigenvalue weighted by Crippen LogP contribution is -2.14. The first-order chi connectivity index (χ1) is 10.8. The van der Waals surface area contributed by atoms with Crippen LogP contribution in [0.25, 0.3) is 20.8 Å². The van der Waals surface area contributed by atoms with Crippen molar-refractivity contribution < 1.29 is 14.3 Å². The van der Waals surface area contributed by atoms with Crippen LogP contribution in [-0.4, -0.2) is 24.2 Å². The van der Waals surface area contributed by atoms with Gasteiger partial charge in [-0.2, -0.15) is 0 Å². The zero-order valence-corrected chi connectivity index (χ0v) is 12.9. The monoisotopic (exact) mass is 313 g/mol. The first-order valence-electron chi connectivity index (χ1n) is 7.00. The maximum absolute atomic E-state index is 11.2. The Hall–Kier alpha value is -2.40. The molecule has 3 aromatic rings. The number of para-hydroxylation sites is 1. The lowest BCUT2D eigenvalue weighted by atomic mass is 10.2. The fraction of sp³-hybridized carbons (Fsp3) is 0.176. The van der Waals surface area contributed by atoms with Gasteiger partial charge in [-0.3, -0.25) is 0 Å². The molecule has 112 valence electrons. The Morgan fingerprint density at radius 2 is 1.91 bits per heavy atom. The van der Waals surface area contributed by atoms with Gasteiger partial charge in [0.1, 0.15) is 10.8 Å². The molecular weight excluding hydrogens is 298 g/mol. The number of carbonyl (C=O) groups excluding carboxylic acids is 1. The van der Waals surface area contributed by atoms with Gasteiger partial charge in [0.05, 0.1) is 16.8 Å². The van der Waals surface area contributed by atoms with E-state index < -0.39 is 0 Å². The molecule has 0 N–H and O–H groups in total. The largest absolute Gasteiger partial charge is 0.482 e. The van der Waals surface area contributed by atoms with E-state index in [1.54, 1.807) is 18.3 Å². The summed E-state index contributed by atoms with van der Waals surface area (Å²) in [5.74, 6) is 0.274. The third-order valence-electron chi connectivity index (χ3n) is 3.06. The number of nitrogens with zero attached hydrogens (tertiary/aromatic N) is 1. The summed E-state index contributed by atoms with van der Waals surface area (Å²) in [6.45, 7) is 2.05. The molecule has 0 atom stereocenters. The minimum atomic E-state index is -0.363. The molecule has 0 aliphatic heterocycles. The van der Waals surface area contributed by atoms with Crippen LogP contribution in [-0.2, 0) is 9.53 Å². The molecule has 0 aliphatic carbocycles. The molecule has 1 heterocycles. The van der Waals surface area contributed by atoms with E-state index in [0.717, 1.165) is 16.1 Å². The normalized spacial score (nSPS) is 10.6. The zero-order valence-electron chi connectivity index (χ0n) is 12.1. The van der Waals surface area contributed by atoms with Crippen LogP contribution >= 0.6 is 11.3 Å². The number of carbonyl (C=O) groups is 1.